The third-order valence-electron chi connectivity index (χ3n) is 3.04. The van der Waals surface area contributed by atoms with Gasteiger partial charge in [0.2, 0.25) is 5.82 Å². The number of hydrogen-bond donors (Lipinski definition) is 1. The summed E-state index contributed by atoms with van der Waals surface area (Å²) in [7, 11) is 0. The molecule has 0 saturated carbocycles. The summed E-state index contributed by atoms with van der Waals surface area (Å²) in [5.74, 6) is -0.421. The number of rotatable bonds is 3. The molecule has 1 N–H and O–H groups in total. The number of nitrogens with one attached hydrogen (secondary N) is 1. The fourth-order valence-corrected chi connectivity index (χ4v) is 2.06. The molecule has 0 radical (unpaired) electrons. The number of hydrogen-bond acceptors (Lipinski definition) is 4. The average Bonchev–Trinajstić information content (AvgIpc) is 3.06. The van der Waals surface area contributed by atoms with Gasteiger partial charge in [-0.05, 0) is 42.5 Å². The van der Waals surface area contributed by atoms with Crippen LogP contribution in [-0.4, -0.2) is 20.7 Å². The minimum Gasteiger partial charge on any atom is -0.319 e. The molecule has 0 aliphatic rings. The van der Waals surface area contributed by atoms with Crippen molar-refractivity contribution < 1.29 is 4.79 Å². The lowest BCUT2D eigenvalue weighted by molar-refractivity contribution is 0.101. The van der Waals surface area contributed by atoms with E-state index >= 15 is 0 Å². The molecular formula is C16H10ClN5O. The molecule has 0 bridgehead atoms. The second-order valence-corrected chi connectivity index (χ2v) is 5.07. The number of anilines is 1. The van der Waals surface area contributed by atoms with Crippen LogP contribution in [0.5, 0.6) is 0 Å². The molecule has 2 aromatic carbocycles. The van der Waals surface area contributed by atoms with Crippen LogP contribution >= 0.6 is 11.6 Å². The Hall–Kier alpha value is -3.17. The van der Waals surface area contributed by atoms with Crippen LogP contribution in [0.2, 0.25) is 5.02 Å². The lowest BCUT2D eigenvalue weighted by Crippen LogP contribution is -2.14. The molecule has 0 saturated heterocycles. The van der Waals surface area contributed by atoms with Gasteiger partial charge in [0.25, 0.3) is 5.91 Å². The zero-order chi connectivity index (χ0) is 16.2. The zero-order valence-corrected chi connectivity index (χ0v) is 12.5. The Bertz CT molecular complexity index is 895. The summed E-state index contributed by atoms with van der Waals surface area (Å²) in [6, 6.07) is 15.6. The Morgan fingerprint density at radius 3 is 2.74 bits per heavy atom. The van der Waals surface area contributed by atoms with Crippen LogP contribution in [0.25, 0.3) is 5.69 Å². The van der Waals surface area contributed by atoms with Crippen molar-refractivity contribution in [2.24, 2.45) is 0 Å². The number of carbonyl (C=O) groups excluding carboxylic acids is 1. The van der Waals surface area contributed by atoms with Gasteiger partial charge in [0, 0.05) is 10.7 Å². The Morgan fingerprint density at radius 2 is 2.00 bits per heavy atom. The van der Waals surface area contributed by atoms with Gasteiger partial charge in [-0.1, -0.05) is 17.7 Å². The van der Waals surface area contributed by atoms with Gasteiger partial charge in [-0.2, -0.15) is 5.26 Å². The van der Waals surface area contributed by atoms with Gasteiger partial charge in [-0.3, -0.25) is 4.79 Å². The second-order valence-electron chi connectivity index (χ2n) is 4.64. The van der Waals surface area contributed by atoms with Crippen LogP contribution < -0.4 is 5.32 Å². The van der Waals surface area contributed by atoms with Gasteiger partial charge in [0.1, 0.15) is 6.33 Å². The van der Waals surface area contributed by atoms with Crippen molar-refractivity contribution in [1.29, 1.82) is 5.26 Å². The number of nitriles is 1. The highest BCUT2D eigenvalue weighted by Crippen LogP contribution is 2.13. The first kappa shape index (κ1) is 14.8. The van der Waals surface area contributed by atoms with E-state index in [1.54, 1.807) is 48.5 Å². The molecule has 1 aromatic heterocycles. The van der Waals surface area contributed by atoms with Crippen LogP contribution in [0, 0.1) is 11.3 Å². The molecule has 7 heteroatoms. The molecule has 1 heterocycles. The van der Waals surface area contributed by atoms with E-state index in [1.807, 2.05) is 6.07 Å². The smallest absolute Gasteiger partial charge is 0.295 e. The van der Waals surface area contributed by atoms with Gasteiger partial charge >= 0.3 is 0 Å². The van der Waals surface area contributed by atoms with Crippen LogP contribution in [0.3, 0.4) is 0 Å². The zero-order valence-electron chi connectivity index (χ0n) is 11.8. The number of aromatic nitrogens is 3. The van der Waals surface area contributed by atoms with Crippen molar-refractivity contribution in [1.82, 2.24) is 14.8 Å². The predicted octanol–water partition coefficient (Wildman–Crippen LogP) is 3.04. The molecule has 112 valence electrons. The Kier molecular flexibility index (Phi) is 4.04. The molecule has 3 rings (SSSR count). The first-order chi connectivity index (χ1) is 11.2. The highest BCUT2D eigenvalue weighted by atomic mass is 35.5. The first-order valence-electron chi connectivity index (χ1n) is 6.65. The molecule has 3 aromatic rings. The molecule has 0 aliphatic carbocycles. The van der Waals surface area contributed by atoms with Gasteiger partial charge in [0.15, 0.2) is 0 Å². The minimum absolute atomic E-state index is 0.0299. The van der Waals surface area contributed by atoms with Crippen molar-refractivity contribution in [3.05, 3.63) is 71.3 Å². The van der Waals surface area contributed by atoms with Crippen molar-refractivity contribution in [2.45, 2.75) is 0 Å². The van der Waals surface area contributed by atoms with Gasteiger partial charge in [0.05, 0.1) is 17.3 Å². The Labute approximate surface area is 137 Å². The van der Waals surface area contributed by atoms with Crippen LogP contribution in [0.4, 0.5) is 5.69 Å². The third-order valence-corrected chi connectivity index (χ3v) is 3.29. The second kappa shape index (κ2) is 6.30. The maximum Gasteiger partial charge on any atom is 0.295 e. The maximum atomic E-state index is 12.2. The van der Waals surface area contributed by atoms with Crippen molar-refractivity contribution >= 4 is 23.2 Å². The highest BCUT2D eigenvalue weighted by Gasteiger charge is 2.12. The van der Waals surface area contributed by atoms with E-state index in [1.165, 1.54) is 11.0 Å². The quantitative estimate of drug-likeness (QED) is 0.803. The molecule has 6 nitrogen and oxygen atoms in total. The number of amides is 1. The summed E-state index contributed by atoms with van der Waals surface area (Å²) in [4.78, 5) is 16.2. The van der Waals surface area contributed by atoms with Crippen LogP contribution in [0.1, 0.15) is 16.2 Å². The topological polar surface area (TPSA) is 83.6 Å². The van der Waals surface area contributed by atoms with Gasteiger partial charge in [-0.25, -0.2) is 9.67 Å². The summed E-state index contributed by atoms with van der Waals surface area (Å²) in [6.45, 7) is 0. The number of nitrogens with zero attached hydrogens (tertiary/aromatic N) is 4. The molecule has 0 spiro atoms. The molecule has 0 atom stereocenters. The van der Waals surface area contributed by atoms with E-state index in [4.69, 9.17) is 16.9 Å². The fraction of sp³-hybridized carbons (Fsp3) is 0. The van der Waals surface area contributed by atoms with Crippen molar-refractivity contribution in [2.75, 3.05) is 5.32 Å². The SMILES string of the molecule is N#Cc1cccc(NC(=O)c2ncn(-c3ccc(Cl)cc3)n2)c1. The predicted molar refractivity (Wildman–Crippen MR) is 85.5 cm³/mol. The number of carbonyl (C=O) groups is 1. The van der Waals surface area contributed by atoms with E-state index < -0.39 is 5.91 Å². The summed E-state index contributed by atoms with van der Waals surface area (Å²) in [6.07, 6.45) is 1.45. The molecule has 0 fully saturated rings. The van der Waals surface area contributed by atoms with E-state index in [0.717, 1.165) is 5.69 Å². The van der Waals surface area contributed by atoms with Gasteiger partial charge in [-0.15, -0.1) is 5.10 Å². The normalized spacial score (nSPS) is 10.1. The first-order valence-corrected chi connectivity index (χ1v) is 7.02. The summed E-state index contributed by atoms with van der Waals surface area (Å²) < 4.78 is 1.48. The molecule has 0 aliphatic heterocycles. The van der Waals surface area contributed by atoms with E-state index in [-0.39, 0.29) is 5.82 Å². The van der Waals surface area contributed by atoms with E-state index in [2.05, 4.69) is 15.4 Å². The maximum absolute atomic E-state index is 12.2. The molecular weight excluding hydrogens is 314 g/mol. The van der Waals surface area contributed by atoms with Crippen LogP contribution in [-0.2, 0) is 0 Å². The van der Waals surface area contributed by atoms with Crippen molar-refractivity contribution in [3.63, 3.8) is 0 Å². The van der Waals surface area contributed by atoms with Gasteiger partial charge < -0.3 is 5.32 Å². The Morgan fingerprint density at radius 1 is 1.22 bits per heavy atom. The van der Waals surface area contributed by atoms with E-state index in [0.29, 0.717) is 16.3 Å². The van der Waals surface area contributed by atoms with Crippen molar-refractivity contribution in [3.8, 4) is 11.8 Å². The Balaban J connectivity index is 1.78. The summed E-state index contributed by atoms with van der Waals surface area (Å²) in [5.41, 5.74) is 1.71. The minimum atomic E-state index is -0.451. The van der Waals surface area contributed by atoms with E-state index in [9.17, 15) is 4.79 Å². The number of benzene rings is 2. The summed E-state index contributed by atoms with van der Waals surface area (Å²) in [5, 5.41) is 16.3. The molecule has 0 unspecified atom stereocenters. The standard InChI is InChI=1S/C16H10ClN5O/c17-12-4-6-14(7-5-12)22-10-19-15(21-22)16(23)20-13-3-1-2-11(8-13)9-18/h1-8,10H,(H,20,23). The fourth-order valence-electron chi connectivity index (χ4n) is 1.94. The average molecular weight is 324 g/mol. The third kappa shape index (κ3) is 3.36. The molecule has 23 heavy (non-hydrogen) atoms. The lowest BCUT2D eigenvalue weighted by atomic mass is 10.2. The molecule has 1 amide bonds. The highest BCUT2D eigenvalue weighted by molar-refractivity contribution is 6.30. The number of halogens is 1. The largest absolute Gasteiger partial charge is 0.319 e. The lowest BCUT2D eigenvalue weighted by Gasteiger charge is -2.02. The van der Waals surface area contributed by atoms with Crippen LogP contribution in [0.15, 0.2) is 54.9 Å². The summed E-state index contributed by atoms with van der Waals surface area (Å²) >= 11 is 5.84. The monoisotopic (exact) mass is 323 g/mol.